The maximum atomic E-state index is 13.4. The number of alkyl halides is 3. The van der Waals surface area contributed by atoms with E-state index in [1.807, 2.05) is 4.68 Å². The van der Waals surface area contributed by atoms with E-state index in [0.29, 0.717) is 29.4 Å². The van der Waals surface area contributed by atoms with Crippen molar-refractivity contribution in [1.82, 2.24) is 15.1 Å². The molecule has 2 heterocycles. The second-order valence-corrected chi connectivity index (χ2v) is 8.29. The van der Waals surface area contributed by atoms with Crippen LogP contribution in [0.1, 0.15) is 55.8 Å². The van der Waals surface area contributed by atoms with Crippen LogP contribution in [0.15, 0.2) is 29.3 Å². The van der Waals surface area contributed by atoms with Gasteiger partial charge in [-0.25, -0.2) is 0 Å². The van der Waals surface area contributed by atoms with Gasteiger partial charge in [0.15, 0.2) is 12.0 Å². The molecule has 1 fully saturated rings. The standard InChI is InChI=1S/C21H26F3N5O/c1-12(2)26-18(21(22,23)24)14-5-7-15(8-6-14)27-19-17-16(9-10-25-20(17)30)29(28-19)11-13-3-4-13/h5-8,10,12-13,18,20,26,30H,3-4,9,11H2,1-2H3,(H,27,28). The molecule has 0 radical (unpaired) electrons. The van der Waals surface area contributed by atoms with E-state index < -0.39 is 18.4 Å². The third kappa shape index (κ3) is 4.52. The van der Waals surface area contributed by atoms with E-state index in [-0.39, 0.29) is 11.6 Å². The lowest BCUT2D eigenvalue weighted by atomic mass is 10.0. The van der Waals surface area contributed by atoms with Gasteiger partial charge in [-0.3, -0.25) is 9.67 Å². The van der Waals surface area contributed by atoms with Crippen LogP contribution in [0.2, 0.25) is 0 Å². The van der Waals surface area contributed by atoms with Crippen molar-refractivity contribution in [3.05, 3.63) is 41.1 Å². The molecule has 30 heavy (non-hydrogen) atoms. The highest BCUT2D eigenvalue weighted by molar-refractivity contribution is 5.69. The van der Waals surface area contributed by atoms with Gasteiger partial charge in [-0.05, 0) is 36.5 Å². The van der Waals surface area contributed by atoms with Gasteiger partial charge in [0.1, 0.15) is 6.04 Å². The first-order valence-corrected chi connectivity index (χ1v) is 10.2. The highest BCUT2D eigenvalue weighted by Crippen LogP contribution is 2.37. The molecule has 2 unspecified atom stereocenters. The SMILES string of the molecule is CC(C)NC(c1ccc(Nc2nn(CC3CC3)c3c2C(O)N=CC3)cc1)C(F)(F)F. The zero-order valence-corrected chi connectivity index (χ0v) is 16.9. The van der Waals surface area contributed by atoms with Crippen LogP contribution in [0, 0.1) is 5.92 Å². The Balaban J connectivity index is 1.57. The van der Waals surface area contributed by atoms with Gasteiger partial charge in [0.25, 0.3) is 0 Å². The molecular formula is C21H26F3N5O. The van der Waals surface area contributed by atoms with E-state index in [0.717, 1.165) is 12.2 Å². The summed E-state index contributed by atoms with van der Waals surface area (Å²) < 4.78 is 42.2. The first kappa shape index (κ1) is 20.9. The number of halogens is 3. The number of nitrogens with zero attached hydrogens (tertiary/aromatic N) is 3. The summed E-state index contributed by atoms with van der Waals surface area (Å²) in [6.45, 7) is 4.17. The predicted molar refractivity (Wildman–Crippen MR) is 109 cm³/mol. The number of benzene rings is 1. The molecule has 6 nitrogen and oxygen atoms in total. The number of aliphatic hydroxyl groups is 1. The number of aliphatic imine (C=N–C) groups is 1. The number of rotatable bonds is 7. The summed E-state index contributed by atoms with van der Waals surface area (Å²) in [5, 5.41) is 20.7. The monoisotopic (exact) mass is 421 g/mol. The number of hydrogen-bond donors (Lipinski definition) is 3. The average molecular weight is 421 g/mol. The lowest BCUT2D eigenvalue weighted by molar-refractivity contribution is -0.159. The van der Waals surface area contributed by atoms with Crippen molar-refractivity contribution >= 4 is 17.7 Å². The van der Waals surface area contributed by atoms with Crippen LogP contribution in [0.3, 0.4) is 0 Å². The molecule has 1 aliphatic carbocycles. The minimum Gasteiger partial charge on any atom is -0.368 e. The largest absolute Gasteiger partial charge is 0.407 e. The molecule has 0 bridgehead atoms. The molecule has 0 spiro atoms. The number of hydrogen-bond acceptors (Lipinski definition) is 5. The second-order valence-electron chi connectivity index (χ2n) is 8.29. The summed E-state index contributed by atoms with van der Waals surface area (Å²) in [4.78, 5) is 4.08. The molecule has 1 aliphatic heterocycles. The van der Waals surface area contributed by atoms with Gasteiger partial charge < -0.3 is 15.7 Å². The molecule has 2 aromatic rings. The van der Waals surface area contributed by atoms with Crippen LogP contribution in [0.4, 0.5) is 24.7 Å². The molecule has 1 aromatic carbocycles. The van der Waals surface area contributed by atoms with Gasteiger partial charge in [0.05, 0.1) is 11.3 Å². The smallest absolute Gasteiger partial charge is 0.368 e. The van der Waals surface area contributed by atoms with Crippen LogP contribution in [0.25, 0.3) is 0 Å². The first-order chi connectivity index (χ1) is 14.2. The van der Waals surface area contributed by atoms with E-state index >= 15 is 0 Å². The van der Waals surface area contributed by atoms with Gasteiger partial charge in [-0.2, -0.15) is 18.3 Å². The van der Waals surface area contributed by atoms with Gasteiger partial charge in [0, 0.05) is 30.9 Å². The zero-order chi connectivity index (χ0) is 21.5. The fraction of sp³-hybridized carbons (Fsp3) is 0.524. The Kier molecular flexibility index (Phi) is 5.59. The van der Waals surface area contributed by atoms with Crippen molar-refractivity contribution in [3.8, 4) is 0 Å². The van der Waals surface area contributed by atoms with Crippen LogP contribution in [-0.4, -0.2) is 33.3 Å². The van der Waals surface area contributed by atoms with E-state index in [1.54, 1.807) is 32.2 Å². The molecule has 0 amide bonds. The van der Waals surface area contributed by atoms with E-state index in [1.165, 1.54) is 25.0 Å². The van der Waals surface area contributed by atoms with E-state index in [2.05, 4.69) is 20.7 Å². The summed E-state index contributed by atoms with van der Waals surface area (Å²) in [5.74, 6) is 1.11. The number of aromatic nitrogens is 2. The number of aliphatic hydroxyl groups excluding tert-OH is 1. The number of nitrogens with one attached hydrogen (secondary N) is 2. The molecule has 3 N–H and O–H groups in total. The fourth-order valence-corrected chi connectivity index (χ4v) is 3.71. The molecule has 1 saturated carbocycles. The molecule has 0 saturated heterocycles. The average Bonchev–Trinajstić information content (AvgIpc) is 3.42. The van der Waals surface area contributed by atoms with Gasteiger partial charge in [0.2, 0.25) is 0 Å². The Bertz CT molecular complexity index is 916. The Hall–Kier alpha value is -2.39. The molecule has 162 valence electrons. The highest BCUT2D eigenvalue weighted by Gasteiger charge is 2.41. The van der Waals surface area contributed by atoms with Crippen molar-refractivity contribution in [2.45, 2.75) is 64.1 Å². The molecular weight excluding hydrogens is 395 g/mol. The lowest BCUT2D eigenvalue weighted by Crippen LogP contribution is -2.38. The lowest BCUT2D eigenvalue weighted by Gasteiger charge is -2.24. The molecule has 9 heteroatoms. The van der Waals surface area contributed by atoms with Crippen molar-refractivity contribution in [1.29, 1.82) is 0 Å². The molecule has 4 rings (SSSR count). The van der Waals surface area contributed by atoms with E-state index in [4.69, 9.17) is 0 Å². The Morgan fingerprint density at radius 2 is 1.90 bits per heavy atom. The van der Waals surface area contributed by atoms with Crippen molar-refractivity contribution in [2.75, 3.05) is 5.32 Å². The normalized spacial score (nSPS) is 19.8. The van der Waals surface area contributed by atoms with Gasteiger partial charge in [-0.15, -0.1) is 0 Å². The summed E-state index contributed by atoms with van der Waals surface area (Å²) >= 11 is 0. The van der Waals surface area contributed by atoms with Gasteiger partial charge >= 0.3 is 6.18 Å². The Morgan fingerprint density at radius 1 is 1.20 bits per heavy atom. The van der Waals surface area contributed by atoms with Crippen LogP contribution in [-0.2, 0) is 13.0 Å². The first-order valence-electron chi connectivity index (χ1n) is 10.2. The molecule has 2 aliphatic rings. The molecule has 2 atom stereocenters. The van der Waals surface area contributed by atoms with Crippen LogP contribution < -0.4 is 10.6 Å². The minimum atomic E-state index is -4.39. The maximum Gasteiger partial charge on any atom is 0.407 e. The fourth-order valence-electron chi connectivity index (χ4n) is 3.71. The predicted octanol–water partition coefficient (Wildman–Crippen LogP) is 4.26. The third-order valence-corrected chi connectivity index (χ3v) is 5.35. The Labute approximate surface area is 173 Å². The Morgan fingerprint density at radius 3 is 2.50 bits per heavy atom. The quantitative estimate of drug-likeness (QED) is 0.625. The van der Waals surface area contributed by atoms with E-state index in [9.17, 15) is 18.3 Å². The topological polar surface area (TPSA) is 74.5 Å². The summed E-state index contributed by atoms with van der Waals surface area (Å²) in [6.07, 6.45) is -0.729. The number of anilines is 2. The summed E-state index contributed by atoms with van der Waals surface area (Å²) in [6, 6.07) is 4.07. The second kappa shape index (κ2) is 8.03. The third-order valence-electron chi connectivity index (χ3n) is 5.35. The highest BCUT2D eigenvalue weighted by atomic mass is 19.4. The zero-order valence-electron chi connectivity index (χ0n) is 16.9. The summed E-state index contributed by atoms with van der Waals surface area (Å²) in [7, 11) is 0. The number of fused-ring (bicyclic) bond motifs is 1. The van der Waals surface area contributed by atoms with Crippen LogP contribution in [0.5, 0.6) is 0 Å². The van der Waals surface area contributed by atoms with Crippen molar-refractivity contribution < 1.29 is 18.3 Å². The van der Waals surface area contributed by atoms with Gasteiger partial charge in [-0.1, -0.05) is 26.0 Å². The van der Waals surface area contributed by atoms with Crippen molar-refractivity contribution in [2.24, 2.45) is 10.9 Å². The van der Waals surface area contributed by atoms with Crippen LogP contribution >= 0.6 is 0 Å². The molecule has 1 aromatic heterocycles. The summed E-state index contributed by atoms with van der Waals surface area (Å²) in [5.41, 5.74) is 2.32. The van der Waals surface area contributed by atoms with Crippen molar-refractivity contribution in [3.63, 3.8) is 0 Å². The maximum absolute atomic E-state index is 13.4. The minimum absolute atomic E-state index is 0.146.